The van der Waals surface area contributed by atoms with Crippen molar-refractivity contribution in [2.24, 2.45) is 5.84 Å². The Balaban J connectivity index is 2.45. The highest BCUT2D eigenvalue weighted by atomic mass is 35.5. The average Bonchev–Trinajstić information content (AvgIpc) is 2.40. The number of nitrogens with zero attached hydrogens (tertiary/aromatic N) is 1. The van der Waals surface area contributed by atoms with E-state index in [0.29, 0.717) is 5.02 Å². The van der Waals surface area contributed by atoms with Crippen molar-refractivity contribution in [2.75, 3.05) is 0 Å². The molecule has 0 amide bonds. The highest BCUT2D eigenvalue weighted by Crippen LogP contribution is 2.24. The van der Waals surface area contributed by atoms with Gasteiger partial charge in [-0.1, -0.05) is 36.7 Å². The number of halogens is 1. The molecule has 2 rings (SSSR count). The summed E-state index contributed by atoms with van der Waals surface area (Å²) in [6.45, 7) is 2.10. The van der Waals surface area contributed by atoms with Crippen LogP contribution in [0.1, 0.15) is 29.8 Å². The van der Waals surface area contributed by atoms with Crippen molar-refractivity contribution >= 4 is 11.6 Å². The Morgan fingerprint density at radius 2 is 2.17 bits per heavy atom. The molecule has 1 heterocycles. The van der Waals surface area contributed by atoms with Crippen LogP contribution in [0.5, 0.6) is 0 Å². The predicted octanol–water partition coefficient (Wildman–Crippen LogP) is 2.85. The summed E-state index contributed by atoms with van der Waals surface area (Å²) in [5.41, 5.74) is 5.96. The Labute approximate surface area is 112 Å². The van der Waals surface area contributed by atoms with Gasteiger partial charge in [-0.25, -0.2) is 5.43 Å². The maximum absolute atomic E-state index is 6.02. The first-order valence-corrected chi connectivity index (χ1v) is 6.29. The molecule has 1 aromatic carbocycles. The summed E-state index contributed by atoms with van der Waals surface area (Å²) >= 11 is 6.02. The number of nitrogens with one attached hydrogen (secondary N) is 1. The smallest absolute Gasteiger partial charge is 0.0884 e. The van der Waals surface area contributed by atoms with Gasteiger partial charge in [0, 0.05) is 11.2 Å². The molecule has 0 aliphatic heterocycles. The minimum absolute atomic E-state index is 0.139. The summed E-state index contributed by atoms with van der Waals surface area (Å²) in [4.78, 5) is 4.44. The fraction of sp³-hybridized carbons (Fsp3) is 0.214. The topological polar surface area (TPSA) is 50.9 Å². The summed E-state index contributed by atoms with van der Waals surface area (Å²) in [7, 11) is 0. The third-order valence-corrected chi connectivity index (χ3v) is 3.16. The van der Waals surface area contributed by atoms with Crippen LogP contribution in [0.15, 0.2) is 42.6 Å². The van der Waals surface area contributed by atoms with Crippen molar-refractivity contribution in [3.8, 4) is 0 Å². The van der Waals surface area contributed by atoms with Crippen LogP contribution in [0.25, 0.3) is 0 Å². The Bertz CT molecular complexity index is 528. The first kappa shape index (κ1) is 13.0. The van der Waals surface area contributed by atoms with E-state index >= 15 is 0 Å². The second kappa shape index (κ2) is 5.96. The Kier molecular flexibility index (Phi) is 4.31. The maximum Gasteiger partial charge on any atom is 0.0884 e. The number of nitrogens with two attached hydrogens (primary N) is 1. The molecule has 18 heavy (non-hydrogen) atoms. The molecular weight excluding hydrogens is 246 g/mol. The Morgan fingerprint density at radius 1 is 1.33 bits per heavy atom. The molecule has 0 bridgehead atoms. The summed E-state index contributed by atoms with van der Waals surface area (Å²) in [6, 6.07) is 11.5. The first-order chi connectivity index (χ1) is 8.76. The molecule has 4 heteroatoms. The van der Waals surface area contributed by atoms with E-state index in [4.69, 9.17) is 17.4 Å². The average molecular weight is 262 g/mol. The molecule has 0 saturated carbocycles. The van der Waals surface area contributed by atoms with Gasteiger partial charge >= 0.3 is 0 Å². The van der Waals surface area contributed by atoms with E-state index in [-0.39, 0.29) is 6.04 Å². The molecule has 2 aromatic rings. The molecule has 0 saturated heterocycles. The van der Waals surface area contributed by atoms with Crippen molar-refractivity contribution < 1.29 is 0 Å². The van der Waals surface area contributed by atoms with E-state index in [9.17, 15) is 0 Å². The van der Waals surface area contributed by atoms with Crippen LogP contribution in [-0.4, -0.2) is 4.98 Å². The summed E-state index contributed by atoms with van der Waals surface area (Å²) in [5.74, 6) is 5.68. The number of pyridine rings is 1. The molecule has 0 aliphatic rings. The normalized spacial score (nSPS) is 12.4. The lowest BCUT2D eigenvalue weighted by atomic mass is 9.99. The van der Waals surface area contributed by atoms with E-state index in [2.05, 4.69) is 23.4 Å². The molecule has 0 radical (unpaired) electrons. The maximum atomic E-state index is 6.02. The second-order valence-electron chi connectivity index (χ2n) is 4.06. The highest BCUT2D eigenvalue weighted by Gasteiger charge is 2.16. The van der Waals surface area contributed by atoms with Crippen LogP contribution in [0.3, 0.4) is 0 Å². The molecule has 3 nitrogen and oxygen atoms in total. The van der Waals surface area contributed by atoms with Gasteiger partial charge in [-0.2, -0.15) is 0 Å². The largest absolute Gasteiger partial charge is 0.271 e. The standard InChI is InChI=1S/C14H16ClN3/c1-2-10-6-4-8-17-13(10)14(18-16)11-5-3-7-12(15)9-11/h3-9,14,18H,2,16H2,1H3. The van der Waals surface area contributed by atoms with Crippen LogP contribution in [-0.2, 0) is 6.42 Å². The number of aromatic nitrogens is 1. The van der Waals surface area contributed by atoms with Gasteiger partial charge in [0.1, 0.15) is 0 Å². The molecule has 0 aliphatic carbocycles. The summed E-state index contributed by atoms with van der Waals surface area (Å²) in [5, 5.41) is 0.696. The third kappa shape index (κ3) is 2.70. The van der Waals surface area contributed by atoms with Gasteiger partial charge in [-0.3, -0.25) is 10.8 Å². The monoisotopic (exact) mass is 261 g/mol. The number of hydrogen-bond acceptors (Lipinski definition) is 3. The number of hydrogen-bond donors (Lipinski definition) is 2. The zero-order valence-corrected chi connectivity index (χ0v) is 11.0. The van der Waals surface area contributed by atoms with Crippen LogP contribution in [0.2, 0.25) is 5.02 Å². The number of benzene rings is 1. The minimum Gasteiger partial charge on any atom is -0.271 e. The molecule has 0 spiro atoms. The zero-order chi connectivity index (χ0) is 13.0. The summed E-state index contributed by atoms with van der Waals surface area (Å²) < 4.78 is 0. The van der Waals surface area contributed by atoms with E-state index in [0.717, 1.165) is 17.7 Å². The Morgan fingerprint density at radius 3 is 2.83 bits per heavy atom. The van der Waals surface area contributed by atoms with Gasteiger partial charge in [-0.15, -0.1) is 0 Å². The van der Waals surface area contributed by atoms with Gasteiger partial charge < -0.3 is 0 Å². The van der Waals surface area contributed by atoms with Crippen LogP contribution < -0.4 is 11.3 Å². The van der Waals surface area contributed by atoms with E-state index in [1.807, 2.05) is 30.3 Å². The number of rotatable bonds is 4. The van der Waals surface area contributed by atoms with Crippen molar-refractivity contribution in [3.63, 3.8) is 0 Å². The van der Waals surface area contributed by atoms with Crippen molar-refractivity contribution in [3.05, 3.63) is 64.4 Å². The van der Waals surface area contributed by atoms with Gasteiger partial charge in [0.2, 0.25) is 0 Å². The molecule has 1 atom stereocenters. The van der Waals surface area contributed by atoms with E-state index in [1.54, 1.807) is 6.20 Å². The first-order valence-electron chi connectivity index (χ1n) is 5.91. The van der Waals surface area contributed by atoms with Crippen LogP contribution in [0, 0.1) is 0 Å². The van der Waals surface area contributed by atoms with Crippen molar-refractivity contribution in [1.82, 2.24) is 10.4 Å². The molecule has 94 valence electrons. The summed E-state index contributed by atoms with van der Waals surface area (Å²) in [6.07, 6.45) is 2.70. The number of aryl methyl sites for hydroxylation is 1. The van der Waals surface area contributed by atoms with Crippen LogP contribution in [0.4, 0.5) is 0 Å². The van der Waals surface area contributed by atoms with Gasteiger partial charge in [0.05, 0.1) is 11.7 Å². The van der Waals surface area contributed by atoms with E-state index < -0.39 is 0 Å². The third-order valence-electron chi connectivity index (χ3n) is 2.93. The van der Waals surface area contributed by atoms with Gasteiger partial charge in [0.15, 0.2) is 0 Å². The molecule has 0 fully saturated rings. The predicted molar refractivity (Wildman–Crippen MR) is 74.2 cm³/mol. The highest BCUT2D eigenvalue weighted by molar-refractivity contribution is 6.30. The molecule has 1 unspecified atom stereocenters. The van der Waals surface area contributed by atoms with Gasteiger partial charge in [-0.05, 0) is 35.7 Å². The quantitative estimate of drug-likeness (QED) is 0.657. The zero-order valence-electron chi connectivity index (χ0n) is 10.2. The van der Waals surface area contributed by atoms with Crippen molar-refractivity contribution in [1.29, 1.82) is 0 Å². The fourth-order valence-corrected chi connectivity index (χ4v) is 2.23. The van der Waals surface area contributed by atoms with Gasteiger partial charge in [0.25, 0.3) is 0 Å². The number of hydrazine groups is 1. The lowest BCUT2D eigenvalue weighted by molar-refractivity contribution is 0.614. The molecule has 3 N–H and O–H groups in total. The lowest BCUT2D eigenvalue weighted by Gasteiger charge is -2.18. The molecular formula is C14H16ClN3. The van der Waals surface area contributed by atoms with E-state index in [1.165, 1.54) is 5.56 Å². The SMILES string of the molecule is CCc1cccnc1C(NN)c1cccc(Cl)c1. The minimum atomic E-state index is -0.139. The lowest BCUT2D eigenvalue weighted by Crippen LogP contribution is -2.30. The van der Waals surface area contributed by atoms with Crippen LogP contribution >= 0.6 is 11.6 Å². The van der Waals surface area contributed by atoms with Crippen molar-refractivity contribution in [2.45, 2.75) is 19.4 Å². The Hall–Kier alpha value is -1.42. The second-order valence-corrected chi connectivity index (χ2v) is 4.49. The molecule has 1 aromatic heterocycles. The fourth-order valence-electron chi connectivity index (χ4n) is 2.03.